The molecule has 1 aliphatic carbocycles. The first-order chi connectivity index (χ1) is 12.8. The van der Waals surface area contributed by atoms with Crippen LogP contribution in [0.3, 0.4) is 0 Å². The lowest BCUT2D eigenvalue weighted by Gasteiger charge is -2.35. The molecular formula is C20H26N4OS. The zero-order valence-corrected chi connectivity index (χ0v) is 15.9. The molecule has 1 aromatic heterocycles. The maximum atomic E-state index is 12.4. The molecule has 1 aromatic carbocycles. The van der Waals surface area contributed by atoms with E-state index in [-0.39, 0.29) is 6.03 Å². The van der Waals surface area contributed by atoms with E-state index in [2.05, 4.69) is 27.7 Å². The monoisotopic (exact) mass is 370 g/mol. The van der Waals surface area contributed by atoms with Gasteiger partial charge in [0.25, 0.3) is 0 Å². The van der Waals surface area contributed by atoms with E-state index in [1.165, 1.54) is 18.4 Å². The van der Waals surface area contributed by atoms with Crippen molar-refractivity contribution in [2.45, 2.75) is 38.3 Å². The van der Waals surface area contributed by atoms with Gasteiger partial charge in [0.15, 0.2) is 0 Å². The van der Waals surface area contributed by atoms with Crippen molar-refractivity contribution in [2.75, 3.05) is 26.2 Å². The quantitative estimate of drug-likeness (QED) is 0.895. The fourth-order valence-corrected chi connectivity index (χ4v) is 4.58. The van der Waals surface area contributed by atoms with Gasteiger partial charge in [-0.1, -0.05) is 43.2 Å². The van der Waals surface area contributed by atoms with Crippen molar-refractivity contribution in [1.29, 1.82) is 0 Å². The molecule has 138 valence electrons. The molecule has 6 heteroatoms. The van der Waals surface area contributed by atoms with Gasteiger partial charge in [-0.2, -0.15) is 0 Å². The summed E-state index contributed by atoms with van der Waals surface area (Å²) in [5.41, 5.74) is 2.30. The van der Waals surface area contributed by atoms with E-state index in [0.29, 0.717) is 6.04 Å². The van der Waals surface area contributed by atoms with Gasteiger partial charge in [-0.25, -0.2) is 9.78 Å². The van der Waals surface area contributed by atoms with E-state index in [4.69, 9.17) is 4.98 Å². The lowest BCUT2D eigenvalue weighted by atomic mass is 10.2. The van der Waals surface area contributed by atoms with Crippen molar-refractivity contribution in [3.63, 3.8) is 0 Å². The van der Waals surface area contributed by atoms with Gasteiger partial charge < -0.3 is 10.2 Å². The summed E-state index contributed by atoms with van der Waals surface area (Å²) in [5.74, 6) is 0. The average Bonchev–Trinajstić information content (AvgIpc) is 3.35. The van der Waals surface area contributed by atoms with Gasteiger partial charge in [-0.15, -0.1) is 11.3 Å². The molecule has 1 saturated carbocycles. The number of aromatic nitrogens is 1. The van der Waals surface area contributed by atoms with Crippen LogP contribution in [-0.4, -0.2) is 53.0 Å². The highest BCUT2D eigenvalue weighted by atomic mass is 32.1. The summed E-state index contributed by atoms with van der Waals surface area (Å²) >= 11 is 1.70. The normalized spacial score (nSPS) is 19.0. The number of nitrogens with zero attached hydrogens (tertiary/aromatic N) is 3. The van der Waals surface area contributed by atoms with Crippen LogP contribution >= 0.6 is 11.3 Å². The Morgan fingerprint density at radius 2 is 1.85 bits per heavy atom. The number of carbonyl (C=O) groups excluding carboxylic acids is 1. The van der Waals surface area contributed by atoms with E-state index < -0.39 is 0 Å². The summed E-state index contributed by atoms with van der Waals surface area (Å²) < 4.78 is 0. The van der Waals surface area contributed by atoms with E-state index in [9.17, 15) is 4.79 Å². The zero-order valence-electron chi connectivity index (χ0n) is 15.1. The van der Waals surface area contributed by atoms with Gasteiger partial charge in [-0.05, 0) is 12.8 Å². The van der Waals surface area contributed by atoms with E-state index in [1.807, 2.05) is 23.1 Å². The zero-order chi connectivity index (χ0) is 17.8. The molecule has 26 heavy (non-hydrogen) atoms. The van der Waals surface area contributed by atoms with Crippen LogP contribution in [0.15, 0.2) is 35.7 Å². The Bertz CT molecular complexity index is 718. The molecule has 2 aromatic rings. The third-order valence-corrected chi connectivity index (χ3v) is 6.24. The number of rotatable bonds is 4. The predicted octanol–water partition coefficient (Wildman–Crippen LogP) is 3.58. The lowest BCUT2D eigenvalue weighted by molar-refractivity contribution is 0.132. The minimum absolute atomic E-state index is 0.122. The third kappa shape index (κ3) is 4.24. The number of amides is 2. The number of hydrogen-bond acceptors (Lipinski definition) is 4. The van der Waals surface area contributed by atoms with Gasteiger partial charge in [0.05, 0.1) is 5.69 Å². The van der Waals surface area contributed by atoms with Crippen LogP contribution in [0, 0.1) is 0 Å². The Labute approximate surface area is 159 Å². The number of carbonyl (C=O) groups is 1. The van der Waals surface area contributed by atoms with Crippen molar-refractivity contribution in [3.8, 4) is 10.6 Å². The molecule has 4 rings (SSSR count). The first-order valence-corrected chi connectivity index (χ1v) is 10.4. The van der Waals surface area contributed by atoms with E-state index in [1.54, 1.807) is 11.3 Å². The highest BCUT2D eigenvalue weighted by molar-refractivity contribution is 7.13. The Kier molecular flexibility index (Phi) is 5.51. The van der Waals surface area contributed by atoms with Gasteiger partial charge in [0.1, 0.15) is 5.01 Å². The molecule has 1 aliphatic heterocycles. The topological polar surface area (TPSA) is 48.5 Å². The number of piperazine rings is 1. The number of hydrogen-bond donors (Lipinski definition) is 1. The fourth-order valence-electron chi connectivity index (χ4n) is 3.77. The first-order valence-electron chi connectivity index (χ1n) is 9.55. The van der Waals surface area contributed by atoms with Gasteiger partial charge >= 0.3 is 6.03 Å². The van der Waals surface area contributed by atoms with Crippen LogP contribution in [0.5, 0.6) is 0 Å². The fraction of sp³-hybridized carbons (Fsp3) is 0.500. The summed E-state index contributed by atoms with van der Waals surface area (Å²) in [4.78, 5) is 21.5. The van der Waals surface area contributed by atoms with Gasteiger partial charge in [0, 0.05) is 49.7 Å². The van der Waals surface area contributed by atoms with Crippen LogP contribution in [0.2, 0.25) is 0 Å². The smallest absolute Gasteiger partial charge is 0.317 e. The number of nitrogens with one attached hydrogen (secondary N) is 1. The molecule has 2 aliphatic rings. The molecular weight excluding hydrogens is 344 g/mol. The lowest BCUT2D eigenvalue weighted by Crippen LogP contribution is -2.52. The molecule has 0 radical (unpaired) electrons. The Morgan fingerprint density at radius 1 is 1.12 bits per heavy atom. The molecule has 0 unspecified atom stereocenters. The number of urea groups is 1. The second-order valence-corrected chi connectivity index (χ2v) is 8.06. The van der Waals surface area contributed by atoms with Crippen LogP contribution in [-0.2, 0) is 6.54 Å². The maximum absolute atomic E-state index is 12.4. The molecule has 2 fully saturated rings. The summed E-state index contributed by atoms with van der Waals surface area (Å²) in [5, 5.41) is 6.43. The van der Waals surface area contributed by atoms with E-state index >= 15 is 0 Å². The number of thiazole rings is 1. The average molecular weight is 371 g/mol. The standard InChI is InChI=1S/C20H26N4OS/c25-20(22-17-8-4-5-9-17)24-12-10-23(11-13-24)14-18-15-26-19(21-18)16-6-2-1-3-7-16/h1-3,6-7,15,17H,4-5,8-14H2,(H,22,25). The summed E-state index contributed by atoms with van der Waals surface area (Å²) in [7, 11) is 0. The molecule has 5 nitrogen and oxygen atoms in total. The second kappa shape index (κ2) is 8.18. The SMILES string of the molecule is O=C(NC1CCCC1)N1CCN(Cc2csc(-c3ccccc3)n2)CC1. The summed E-state index contributed by atoms with van der Waals surface area (Å²) in [6, 6.07) is 10.8. The molecule has 2 heterocycles. The van der Waals surface area contributed by atoms with Crippen molar-refractivity contribution in [1.82, 2.24) is 20.1 Å². The second-order valence-electron chi connectivity index (χ2n) is 7.20. The number of benzene rings is 1. The molecule has 0 atom stereocenters. The van der Waals surface area contributed by atoms with Gasteiger partial charge in [0.2, 0.25) is 0 Å². The summed E-state index contributed by atoms with van der Waals surface area (Å²) in [6.45, 7) is 4.29. The van der Waals surface area contributed by atoms with Crippen LogP contribution < -0.4 is 5.32 Å². The highest BCUT2D eigenvalue weighted by Gasteiger charge is 2.24. The minimum Gasteiger partial charge on any atom is -0.335 e. The van der Waals surface area contributed by atoms with E-state index in [0.717, 1.165) is 56.3 Å². The van der Waals surface area contributed by atoms with Crippen LogP contribution in [0.25, 0.3) is 10.6 Å². The van der Waals surface area contributed by atoms with Crippen molar-refractivity contribution in [3.05, 3.63) is 41.4 Å². The Morgan fingerprint density at radius 3 is 2.58 bits per heavy atom. The molecule has 1 saturated heterocycles. The summed E-state index contributed by atoms with van der Waals surface area (Å²) in [6.07, 6.45) is 4.77. The van der Waals surface area contributed by atoms with Gasteiger partial charge in [-0.3, -0.25) is 4.90 Å². The predicted molar refractivity (Wildman–Crippen MR) is 105 cm³/mol. The van der Waals surface area contributed by atoms with Crippen LogP contribution in [0.1, 0.15) is 31.4 Å². The van der Waals surface area contributed by atoms with Crippen molar-refractivity contribution < 1.29 is 4.79 Å². The Hall–Kier alpha value is -1.92. The first kappa shape index (κ1) is 17.5. The maximum Gasteiger partial charge on any atom is 0.317 e. The molecule has 2 amide bonds. The molecule has 0 bridgehead atoms. The van der Waals surface area contributed by atoms with Crippen molar-refractivity contribution >= 4 is 17.4 Å². The minimum atomic E-state index is 0.122. The van der Waals surface area contributed by atoms with Crippen LogP contribution in [0.4, 0.5) is 4.79 Å². The largest absolute Gasteiger partial charge is 0.335 e. The Balaban J connectivity index is 1.26. The highest BCUT2D eigenvalue weighted by Crippen LogP contribution is 2.24. The third-order valence-electron chi connectivity index (χ3n) is 5.30. The molecule has 1 N–H and O–H groups in total. The molecule has 0 spiro atoms. The van der Waals surface area contributed by atoms with Crippen molar-refractivity contribution in [2.24, 2.45) is 0 Å².